The highest BCUT2D eigenvalue weighted by molar-refractivity contribution is 6.00. The molecule has 0 aliphatic carbocycles. The zero-order chi connectivity index (χ0) is 20.4. The van der Waals surface area contributed by atoms with Crippen molar-refractivity contribution in [2.24, 2.45) is 0 Å². The van der Waals surface area contributed by atoms with Gasteiger partial charge in [0.25, 0.3) is 5.91 Å². The molecule has 1 aliphatic rings. The molecule has 7 heteroatoms. The molecule has 0 atom stereocenters. The molecule has 6 nitrogen and oxygen atoms in total. The van der Waals surface area contributed by atoms with Crippen molar-refractivity contribution in [2.75, 3.05) is 6.61 Å². The third-order valence-electron chi connectivity index (χ3n) is 4.66. The molecule has 0 spiro atoms. The second kappa shape index (κ2) is 7.66. The van der Waals surface area contributed by atoms with Crippen LogP contribution in [0.3, 0.4) is 0 Å². The molecule has 0 unspecified atom stereocenters. The lowest BCUT2D eigenvalue weighted by molar-refractivity contribution is 0.0755. The van der Waals surface area contributed by atoms with Gasteiger partial charge in [-0.15, -0.1) is 0 Å². The van der Waals surface area contributed by atoms with Gasteiger partial charge in [-0.1, -0.05) is 30.3 Å². The second-order valence-electron chi connectivity index (χ2n) is 7.85. The topological polar surface area (TPSA) is 60.2 Å². The summed E-state index contributed by atoms with van der Waals surface area (Å²) in [5, 5.41) is 4.40. The number of amides is 1. The number of nitrogens with zero attached hydrogens (tertiary/aromatic N) is 4. The van der Waals surface area contributed by atoms with Crippen molar-refractivity contribution in [1.82, 2.24) is 19.7 Å². The number of hydrogen-bond donors (Lipinski definition) is 0. The lowest BCUT2D eigenvalue weighted by Gasteiger charge is -2.16. The van der Waals surface area contributed by atoms with Crippen LogP contribution in [0.15, 0.2) is 55.0 Å². The van der Waals surface area contributed by atoms with Gasteiger partial charge in [0.15, 0.2) is 0 Å². The molecule has 0 fully saturated rings. The zero-order valence-corrected chi connectivity index (χ0v) is 16.5. The number of ether oxygens (including phenoxy) is 1. The molecule has 1 aliphatic heterocycles. The van der Waals surface area contributed by atoms with Crippen LogP contribution in [0.1, 0.15) is 40.9 Å². The van der Waals surface area contributed by atoms with E-state index in [9.17, 15) is 9.18 Å². The minimum Gasteiger partial charge on any atom is -0.474 e. The first-order valence-electron chi connectivity index (χ1n) is 9.53. The fourth-order valence-corrected chi connectivity index (χ4v) is 3.32. The van der Waals surface area contributed by atoms with Crippen LogP contribution in [0, 0.1) is 0 Å². The Labute approximate surface area is 168 Å². The molecule has 150 valence electrons. The van der Waals surface area contributed by atoms with E-state index in [4.69, 9.17) is 4.74 Å². The molecular weight excluding hydrogens is 371 g/mol. The first-order chi connectivity index (χ1) is 13.9. The van der Waals surface area contributed by atoms with Crippen LogP contribution in [0.5, 0.6) is 5.88 Å². The van der Waals surface area contributed by atoms with Crippen LogP contribution in [0.4, 0.5) is 4.39 Å². The van der Waals surface area contributed by atoms with E-state index in [1.807, 2.05) is 29.1 Å². The van der Waals surface area contributed by atoms with Gasteiger partial charge in [0.1, 0.15) is 17.8 Å². The Morgan fingerprint density at radius 2 is 1.93 bits per heavy atom. The van der Waals surface area contributed by atoms with E-state index in [0.29, 0.717) is 25.2 Å². The van der Waals surface area contributed by atoms with Gasteiger partial charge in [-0.25, -0.2) is 9.37 Å². The number of aromatic nitrogens is 3. The molecule has 0 bridgehead atoms. The summed E-state index contributed by atoms with van der Waals surface area (Å²) >= 11 is 0. The molecule has 0 N–H and O–H groups in total. The van der Waals surface area contributed by atoms with E-state index in [1.165, 1.54) is 13.8 Å². The Hall–Kier alpha value is -3.22. The average molecular weight is 394 g/mol. The smallest absolute Gasteiger partial charge is 0.260 e. The van der Waals surface area contributed by atoms with E-state index in [1.54, 1.807) is 23.4 Å². The predicted molar refractivity (Wildman–Crippen MR) is 106 cm³/mol. The van der Waals surface area contributed by atoms with E-state index in [2.05, 4.69) is 22.2 Å². The highest BCUT2D eigenvalue weighted by Crippen LogP contribution is 2.30. The fourth-order valence-electron chi connectivity index (χ4n) is 3.32. The highest BCUT2D eigenvalue weighted by Gasteiger charge is 2.32. The SMILES string of the molecule is CC(C)(F)COc1nccc2c1C(=O)N(Cc1cnn(Cc3ccccc3)c1)C2. The molecule has 1 aromatic carbocycles. The lowest BCUT2D eigenvalue weighted by atomic mass is 10.1. The normalized spacial score (nSPS) is 13.6. The summed E-state index contributed by atoms with van der Waals surface area (Å²) in [7, 11) is 0. The van der Waals surface area contributed by atoms with Gasteiger partial charge in [0.2, 0.25) is 5.88 Å². The van der Waals surface area contributed by atoms with Gasteiger partial charge >= 0.3 is 0 Å². The standard InChI is InChI=1S/C22H23FN4O2/c1-22(2,23)15-29-20-19-18(8-9-24-20)14-26(21(19)28)11-17-10-25-27(13-17)12-16-6-4-3-5-7-16/h3-10,13H,11-12,14-15H2,1-2H3. The average Bonchev–Trinajstić information content (AvgIpc) is 3.25. The largest absolute Gasteiger partial charge is 0.474 e. The quantitative estimate of drug-likeness (QED) is 0.614. The molecule has 1 amide bonds. The van der Waals surface area contributed by atoms with Crippen molar-refractivity contribution in [3.63, 3.8) is 0 Å². The van der Waals surface area contributed by atoms with Crippen molar-refractivity contribution in [1.29, 1.82) is 0 Å². The molecule has 0 saturated carbocycles. The maximum atomic E-state index is 13.8. The summed E-state index contributed by atoms with van der Waals surface area (Å²) in [4.78, 5) is 18.8. The van der Waals surface area contributed by atoms with Crippen LogP contribution in [-0.2, 0) is 19.6 Å². The number of fused-ring (bicyclic) bond motifs is 1. The Bertz CT molecular complexity index is 1010. The molecule has 2 aromatic heterocycles. The molecule has 4 rings (SSSR count). The van der Waals surface area contributed by atoms with Crippen molar-refractivity contribution < 1.29 is 13.9 Å². The van der Waals surface area contributed by atoms with Crippen molar-refractivity contribution in [3.8, 4) is 5.88 Å². The summed E-state index contributed by atoms with van der Waals surface area (Å²) in [5.74, 6) is 0.0380. The molecular formula is C22H23FN4O2. The number of alkyl halides is 1. The second-order valence-corrected chi connectivity index (χ2v) is 7.85. The number of pyridine rings is 1. The van der Waals surface area contributed by atoms with Crippen LogP contribution in [0.2, 0.25) is 0 Å². The van der Waals surface area contributed by atoms with Crippen LogP contribution < -0.4 is 4.74 Å². The Morgan fingerprint density at radius 3 is 2.69 bits per heavy atom. The predicted octanol–water partition coefficient (Wildman–Crippen LogP) is 3.61. The Kier molecular flexibility index (Phi) is 5.05. The van der Waals surface area contributed by atoms with Crippen LogP contribution in [-0.4, -0.2) is 37.8 Å². The van der Waals surface area contributed by atoms with Gasteiger partial charge in [-0.3, -0.25) is 9.48 Å². The Balaban J connectivity index is 1.45. The fraction of sp³-hybridized carbons (Fsp3) is 0.318. The molecule has 29 heavy (non-hydrogen) atoms. The van der Waals surface area contributed by atoms with E-state index < -0.39 is 5.67 Å². The first-order valence-corrected chi connectivity index (χ1v) is 9.53. The molecule has 3 heterocycles. The maximum Gasteiger partial charge on any atom is 0.260 e. The van der Waals surface area contributed by atoms with Crippen LogP contribution in [0.25, 0.3) is 0 Å². The Morgan fingerprint density at radius 1 is 1.14 bits per heavy atom. The van der Waals surface area contributed by atoms with Crippen LogP contribution >= 0.6 is 0 Å². The van der Waals surface area contributed by atoms with E-state index in [-0.39, 0.29) is 18.4 Å². The number of rotatable bonds is 7. The minimum absolute atomic E-state index is 0.157. The highest BCUT2D eigenvalue weighted by atomic mass is 19.1. The van der Waals surface area contributed by atoms with Gasteiger partial charge < -0.3 is 9.64 Å². The third-order valence-corrected chi connectivity index (χ3v) is 4.66. The number of hydrogen-bond acceptors (Lipinski definition) is 4. The number of halogens is 1. The third kappa shape index (κ3) is 4.45. The summed E-state index contributed by atoms with van der Waals surface area (Å²) in [5.41, 5.74) is 1.87. The van der Waals surface area contributed by atoms with Gasteiger partial charge in [-0.2, -0.15) is 5.10 Å². The molecule has 0 saturated heterocycles. The van der Waals surface area contributed by atoms with E-state index in [0.717, 1.165) is 16.7 Å². The van der Waals surface area contributed by atoms with Crippen molar-refractivity contribution in [2.45, 2.75) is 39.2 Å². The number of benzene rings is 1. The van der Waals surface area contributed by atoms with E-state index >= 15 is 0 Å². The summed E-state index contributed by atoms with van der Waals surface area (Å²) < 4.78 is 21.2. The molecule has 0 radical (unpaired) electrons. The first kappa shape index (κ1) is 19.1. The van der Waals surface area contributed by atoms with Crippen molar-refractivity contribution in [3.05, 3.63) is 77.2 Å². The van der Waals surface area contributed by atoms with Crippen molar-refractivity contribution >= 4 is 5.91 Å². The minimum atomic E-state index is -1.50. The zero-order valence-electron chi connectivity index (χ0n) is 16.5. The molecule has 3 aromatic rings. The van der Waals surface area contributed by atoms with Gasteiger partial charge in [0, 0.05) is 31.0 Å². The lowest BCUT2D eigenvalue weighted by Crippen LogP contribution is -2.25. The number of carbonyl (C=O) groups excluding carboxylic acids is 1. The maximum absolute atomic E-state index is 13.8. The van der Waals surface area contributed by atoms with Gasteiger partial charge in [-0.05, 0) is 31.0 Å². The monoisotopic (exact) mass is 394 g/mol. The number of carbonyl (C=O) groups is 1. The summed E-state index contributed by atoms with van der Waals surface area (Å²) in [6, 6.07) is 11.9. The van der Waals surface area contributed by atoms with Gasteiger partial charge in [0.05, 0.1) is 12.7 Å². The summed E-state index contributed by atoms with van der Waals surface area (Å²) in [6.45, 7) is 4.28. The summed E-state index contributed by atoms with van der Waals surface area (Å²) in [6.07, 6.45) is 5.32.